The van der Waals surface area contributed by atoms with E-state index in [1.54, 1.807) is 0 Å². The lowest BCUT2D eigenvalue weighted by atomic mass is 9.46. The smallest absolute Gasteiger partial charge is 0.197 e. The lowest BCUT2D eigenvalue weighted by molar-refractivity contribution is -0.127. The zero-order valence-electron chi connectivity index (χ0n) is 14.7. The number of aliphatic hydroxyl groups is 2. The third kappa shape index (κ3) is 1.83. The zero-order valence-corrected chi connectivity index (χ0v) is 14.7. The van der Waals surface area contributed by atoms with Crippen LogP contribution in [0.1, 0.15) is 72.1 Å². The van der Waals surface area contributed by atoms with E-state index in [4.69, 9.17) is 0 Å². The Morgan fingerprint density at radius 1 is 0.957 bits per heavy atom. The molecule has 0 heterocycles. The number of carbonyl (C=O) groups is 1. The van der Waals surface area contributed by atoms with Crippen LogP contribution < -0.4 is 0 Å². The molecule has 0 radical (unpaired) electrons. The van der Waals surface area contributed by atoms with E-state index in [1.165, 1.54) is 0 Å². The lowest BCUT2D eigenvalue weighted by Gasteiger charge is -2.58. The second kappa shape index (κ2) is 4.62. The Morgan fingerprint density at radius 3 is 2.39 bits per heavy atom. The Hall–Kier alpha value is -0.830. The predicted molar refractivity (Wildman–Crippen MR) is 88.9 cm³/mol. The van der Waals surface area contributed by atoms with E-state index in [0.717, 1.165) is 50.5 Å². The summed E-state index contributed by atoms with van der Waals surface area (Å²) in [5, 5.41) is 21.3. The number of Topliss-reactive ketones (excluding diaryl/α,β-unsaturated/α-hetero) is 1. The highest BCUT2D eigenvalue weighted by molar-refractivity contribution is 5.95. The standard InChI is InChI=1S/C20H30O3/c1-18-9-8-16(21)17(22)15(18)5-4-12-13(18)6-10-19(2)14(12)7-11-20(19,3)23/h12-14,22-23H,4-11H2,1-3H3/t12-,13+,14+,18-,19+,20-/m1/s1. The van der Waals surface area contributed by atoms with Crippen LogP contribution in [0.4, 0.5) is 0 Å². The number of allylic oxidation sites excluding steroid dienone is 1. The Kier molecular flexibility index (Phi) is 3.15. The third-order valence-electron chi connectivity index (χ3n) is 8.66. The van der Waals surface area contributed by atoms with E-state index in [2.05, 4.69) is 13.8 Å². The third-order valence-corrected chi connectivity index (χ3v) is 8.66. The Labute approximate surface area is 139 Å². The molecule has 0 amide bonds. The molecule has 4 aliphatic rings. The summed E-state index contributed by atoms with van der Waals surface area (Å²) in [7, 11) is 0. The Bertz CT molecular complexity index is 590. The van der Waals surface area contributed by atoms with Gasteiger partial charge in [0.15, 0.2) is 11.5 Å². The summed E-state index contributed by atoms with van der Waals surface area (Å²) >= 11 is 0. The average Bonchev–Trinajstić information content (AvgIpc) is 2.74. The molecule has 3 nitrogen and oxygen atoms in total. The maximum Gasteiger partial charge on any atom is 0.197 e. The van der Waals surface area contributed by atoms with Crippen molar-refractivity contribution in [3.8, 4) is 0 Å². The number of fused-ring (bicyclic) bond motifs is 5. The van der Waals surface area contributed by atoms with Gasteiger partial charge in [-0.05, 0) is 86.0 Å². The van der Waals surface area contributed by atoms with Gasteiger partial charge in [-0.1, -0.05) is 13.8 Å². The van der Waals surface area contributed by atoms with Gasteiger partial charge in [-0.2, -0.15) is 0 Å². The van der Waals surface area contributed by atoms with Gasteiger partial charge in [0.05, 0.1) is 5.60 Å². The molecule has 0 aromatic carbocycles. The summed E-state index contributed by atoms with van der Waals surface area (Å²) in [5.74, 6) is 1.82. The molecule has 23 heavy (non-hydrogen) atoms. The second-order valence-corrected chi connectivity index (χ2v) is 9.35. The summed E-state index contributed by atoms with van der Waals surface area (Å²) in [6.45, 7) is 6.63. The first-order valence-electron chi connectivity index (χ1n) is 9.39. The molecule has 3 fully saturated rings. The van der Waals surface area contributed by atoms with Crippen molar-refractivity contribution in [1.29, 1.82) is 0 Å². The minimum atomic E-state index is -0.537. The van der Waals surface area contributed by atoms with Crippen LogP contribution in [0.5, 0.6) is 0 Å². The number of carbonyl (C=O) groups excluding carboxylic acids is 1. The molecule has 6 atom stereocenters. The average molecular weight is 318 g/mol. The van der Waals surface area contributed by atoms with E-state index in [0.29, 0.717) is 24.2 Å². The van der Waals surface area contributed by atoms with Gasteiger partial charge in [-0.15, -0.1) is 0 Å². The molecule has 3 heteroatoms. The highest BCUT2D eigenvalue weighted by atomic mass is 16.3. The van der Waals surface area contributed by atoms with E-state index in [1.807, 2.05) is 6.92 Å². The molecule has 4 aliphatic carbocycles. The monoisotopic (exact) mass is 318 g/mol. The number of rotatable bonds is 0. The largest absolute Gasteiger partial charge is 0.504 e. The minimum absolute atomic E-state index is 0.00329. The molecule has 4 rings (SSSR count). The van der Waals surface area contributed by atoms with Gasteiger partial charge in [0.1, 0.15) is 0 Å². The first kappa shape index (κ1) is 15.7. The van der Waals surface area contributed by atoms with Crippen LogP contribution in [0.2, 0.25) is 0 Å². The highest BCUT2D eigenvalue weighted by Crippen LogP contribution is 2.67. The van der Waals surface area contributed by atoms with Crippen molar-refractivity contribution in [2.75, 3.05) is 0 Å². The van der Waals surface area contributed by atoms with E-state index in [-0.39, 0.29) is 22.4 Å². The first-order chi connectivity index (χ1) is 10.7. The maximum atomic E-state index is 11.9. The van der Waals surface area contributed by atoms with Crippen molar-refractivity contribution >= 4 is 5.78 Å². The van der Waals surface area contributed by atoms with Crippen molar-refractivity contribution < 1.29 is 15.0 Å². The van der Waals surface area contributed by atoms with E-state index in [9.17, 15) is 15.0 Å². The molecular formula is C20H30O3. The van der Waals surface area contributed by atoms with E-state index < -0.39 is 5.60 Å². The van der Waals surface area contributed by atoms with Crippen LogP contribution in [-0.4, -0.2) is 21.6 Å². The fourth-order valence-corrected chi connectivity index (χ4v) is 6.93. The molecule has 0 bridgehead atoms. The summed E-state index contributed by atoms with van der Waals surface area (Å²) in [6.07, 6.45) is 7.57. The number of ketones is 1. The molecule has 0 saturated heterocycles. The topological polar surface area (TPSA) is 57.5 Å². The Balaban J connectivity index is 1.72. The van der Waals surface area contributed by atoms with Crippen molar-refractivity contribution in [3.05, 3.63) is 11.3 Å². The van der Waals surface area contributed by atoms with Crippen LogP contribution in [0.3, 0.4) is 0 Å². The van der Waals surface area contributed by atoms with Gasteiger partial charge in [-0.25, -0.2) is 0 Å². The van der Waals surface area contributed by atoms with Gasteiger partial charge in [-0.3, -0.25) is 4.79 Å². The quantitative estimate of drug-likeness (QED) is 0.705. The molecule has 2 N–H and O–H groups in total. The van der Waals surface area contributed by atoms with Crippen LogP contribution in [0, 0.1) is 28.6 Å². The number of hydrogen-bond acceptors (Lipinski definition) is 3. The molecule has 0 spiro atoms. The van der Waals surface area contributed by atoms with Gasteiger partial charge in [0.2, 0.25) is 0 Å². The van der Waals surface area contributed by atoms with Gasteiger partial charge in [0, 0.05) is 6.42 Å². The summed E-state index contributed by atoms with van der Waals surface area (Å²) in [6, 6.07) is 0. The van der Waals surface area contributed by atoms with Crippen molar-refractivity contribution in [3.63, 3.8) is 0 Å². The van der Waals surface area contributed by atoms with Gasteiger partial charge < -0.3 is 10.2 Å². The highest BCUT2D eigenvalue weighted by Gasteiger charge is 2.62. The fourth-order valence-electron chi connectivity index (χ4n) is 6.93. The lowest BCUT2D eigenvalue weighted by Crippen LogP contribution is -2.54. The molecule has 0 aliphatic heterocycles. The van der Waals surface area contributed by atoms with Gasteiger partial charge in [0.25, 0.3) is 0 Å². The molecular weight excluding hydrogens is 288 g/mol. The number of hydrogen-bond donors (Lipinski definition) is 2. The van der Waals surface area contributed by atoms with Crippen molar-refractivity contribution in [1.82, 2.24) is 0 Å². The molecule has 3 saturated carbocycles. The molecule has 0 unspecified atom stereocenters. The summed E-state index contributed by atoms with van der Waals surface area (Å²) in [5.41, 5.74) is 0.544. The van der Waals surface area contributed by atoms with Crippen LogP contribution in [-0.2, 0) is 4.79 Å². The maximum absolute atomic E-state index is 11.9. The fraction of sp³-hybridized carbons (Fsp3) is 0.850. The normalized spacial score (nSPS) is 52.9. The van der Waals surface area contributed by atoms with Crippen LogP contribution in [0.25, 0.3) is 0 Å². The SMILES string of the molecule is C[C@]12CCC(=O)C(O)=C1CC[C@@H]1[C@@H]2CC[C@@]2(C)[C@H]1CC[C@@]2(C)O. The zero-order chi connectivity index (χ0) is 16.6. The summed E-state index contributed by atoms with van der Waals surface area (Å²) in [4.78, 5) is 11.9. The predicted octanol–water partition coefficient (Wildman–Crippen LogP) is 4.16. The first-order valence-corrected chi connectivity index (χ1v) is 9.39. The second-order valence-electron chi connectivity index (χ2n) is 9.35. The molecule has 0 aromatic rings. The van der Waals surface area contributed by atoms with Crippen molar-refractivity contribution in [2.45, 2.75) is 77.7 Å². The van der Waals surface area contributed by atoms with Crippen molar-refractivity contribution in [2.24, 2.45) is 28.6 Å². The minimum Gasteiger partial charge on any atom is -0.504 e. The van der Waals surface area contributed by atoms with Crippen LogP contribution in [0.15, 0.2) is 11.3 Å². The van der Waals surface area contributed by atoms with Gasteiger partial charge >= 0.3 is 0 Å². The molecule has 0 aromatic heterocycles. The summed E-state index contributed by atoms with van der Waals surface area (Å²) < 4.78 is 0. The molecule has 128 valence electrons. The number of aliphatic hydroxyl groups excluding tert-OH is 1. The Morgan fingerprint density at radius 2 is 1.65 bits per heavy atom. The van der Waals surface area contributed by atoms with E-state index >= 15 is 0 Å². The van der Waals surface area contributed by atoms with Crippen LogP contribution >= 0.6 is 0 Å².